The van der Waals surface area contributed by atoms with E-state index in [1.165, 1.54) is 0 Å². The highest BCUT2D eigenvalue weighted by Crippen LogP contribution is 2.25. The molecule has 7 heteroatoms. The van der Waals surface area contributed by atoms with Crippen molar-refractivity contribution < 1.29 is 23.1 Å². The molecule has 0 radical (unpaired) electrons. The second-order valence-corrected chi connectivity index (χ2v) is 3.08. The van der Waals surface area contributed by atoms with Gasteiger partial charge in [0.1, 0.15) is 5.69 Å². The van der Waals surface area contributed by atoms with Crippen LogP contribution < -0.4 is 0 Å². The van der Waals surface area contributed by atoms with Crippen LogP contribution >= 0.6 is 11.6 Å². The zero-order valence-corrected chi connectivity index (χ0v) is 7.93. The average Bonchev–Trinajstić information content (AvgIpc) is 2.10. The van der Waals surface area contributed by atoms with Gasteiger partial charge in [-0.25, -0.2) is 13.8 Å². The van der Waals surface area contributed by atoms with Crippen molar-refractivity contribution in [3.63, 3.8) is 0 Å². The van der Waals surface area contributed by atoms with Gasteiger partial charge in [0.05, 0.1) is 11.4 Å². The van der Waals surface area contributed by atoms with Gasteiger partial charge < -0.3 is 5.11 Å². The van der Waals surface area contributed by atoms with Crippen LogP contribution in [0.1, 0.15) is 17.7 Å². The summed E-state index contributed by atoms with van der Waals surface area (Å²) in [6, 6.07) is 0.758. The highest BCUT2D eigenvalue weighted by molar-refractivity contribution is 6.31. The number of carbonyl (C=O) groups is 1. The Morgan fingerprint density at radius 1 is 1.60 bits per heavy atom. The predicted molar refractivity (Wildman–Crippen MR) is 45.5 cm³/mol. The zero-order chi connectivity index (χ0) is 11.6. The first-order chi connectivity index (χ1) is 6.91. The molecular weight excluding hydrogens is 235 g/mol. The summed E-state index contributed by atoms with van der Waals surface area (Å²) in [7, 11) is 0. The molecule has 0 aromatic carbocycles. The van der Waals surface area contributed by atoms with E-state index in [9.17, 15) is 18.0 Å². The average molecular weight is 240 g/mol. The Hall–Kier alpha value is -1.30. The Bertz CT molecular complexity index is 374. The largest absolute Gasteiger partial charge is 0.481 e. The lowest BCUT2D eigenvalue weighted by molar-refractivity contribution is -0.136. The lowest BCUT2D eigenvalue weighted by atomic mass is 10.2. The molecule has 1 aromatic rings. The molecule has 0 unspecified atom stereocenters. The summed E-state index contributed by atoms with van der Waals surface area (Å²) in [5, 5.41) is 8.03. The van der Waals surface area contributed by atoms with Gasteiger partial charge in [-0.15, -0.1) is 0 Å². The van der Waals surface area contributed by atoms with Crippen molar-refractivity contribution in [2.24, 2.45) is 0 Å². The van der Waals surface area contributed by atoms with Gasteiger partial charge in [0, 0.05) is 5.56 Å². The summed E-state index contributed by atoms with van der Waals surface area (Å²) in [4.78, 5) is 13.2. The molecule has 0 aliphatic carbocycles. The van der Waals surface area contributed by atoms with E-state index in [4.69, 9.17) is 16.7 Å². The molecule has 0 saturated heterocycles. The van der Waals surface area contributed by atoms with E-state index < -0.39 is 36.0 Å². The van der Waals surface area contributed by atoms with Crippen LogP contribution in [0.3, 0.4) is 0 Å². The van der Waals surface area contributed by atoms with Crippen LogP contribution in [-0.4, -0.2) is 16.1 Å². The number of hydrogen-bond donors (Lipinski definition) is 1. The monoisotopic (exact) mass is 239 g/mol. The lowest BCUT2D eigenvalue weighted by Gasteiger charge is -2.05. The second kappa shape index (κ2) is 4.48. The SMILES string of the molecule is O=C(O)Cc1c(Cl)cc(C(F)F)nc1F. The first kappa shape index (κ1) is 11.8. The van der Waals surface area contributed by atoms with E-state index >= 15 is 0 Å². The molecule has 1 heterocycles. The quantitative estimate of drug-likeness (QED) is 0.824. The summed E-state index contributed by atoms with van der Waals surface area (Å²) in [5.41, 5.74) is -1.21. The van der Waals surface area contributed by atoms with Crippen LogP contribution in [0.15, 0.2) is 6.07 Å². The molecule has 15 heavy (non-hydrogen) atoms. The third-order valence-electron chi connectivity index (χ3n) is 1.59. The van der Waals surface area contributed by atoms with E-state index in [1.54, 1.807) is 0 Å². The molecule has 1 aromatic heterocycles. The Morgan fingerprint density at radius 2 is 2.20 bits per heavy atom. The molecule has 0 aliphatic heterocycles. The van der Waals surface area contributed by atoms with Gasteiger partial charge in [0.2, 0.25) is 5.95 Å². The van der Waals surface area contributed by atoms with Crippen molar-refractivity contribution >= 4 is 17.6 Å². The van der Waals surface area contributed by atoms with Gasteiger partial charge in [0.25, 0.3) is 6.43 Å². The van der Waals surface area contributed by atoms with Gasteiger partial charge in [-0.3, -0.25) is 4.79 Å². The Labute approximate surface area is 87.5 Å². The molecule has 1 N–H and O–H groups in total. The van der Waals surface area contributed by atoms with E-state index in [0.29, 0.717) is 0 Å². The third-order valence-corrected chi connectivity index (χ3v) is 1.93. The van der Waals surface area contributed by atoms with E-state index in [2.05, 4.69) is 4.98 Å². The molecule has 0 atom stereocenters. The standard InChI is InChI=1S/C8H5ClF3NO2/c9-4-2-5(7(10)11)13-8(12)3(4)1-6(14)15/h2,7H,1H2,(H,14,15). The minimum absolute atomic E-state index is 0.361. The maximum atomic E-state index is 13.0. The lowest BCUT2D eigenvalue weighted by Crippen LogP contribution is -2.06. The Morgan fingerprint density at radius 3 is 2.60 bits per heavy atom. The maximum absolute atomic E-state index is 13.0. The minimum atomic E-state index is -2.95. The van der Waals surface area contributed by atoms with Crippen molar-refractivity contribution in [2.45, 2.75) is 12.8 Å². The molecule has 1 rings (SSSR count). The Kier molecular flexibility index (Phi) is 3.52. The highest BCUT2D eigenvalue weighted by Gasteiger charge is 2.18. The number of aromatic nitrogens is 1. The molecule has 0 saturated carbocycles. The van der Waals surface area contributed by atoms with Crippen LogP contribution in [0.25, 0.3) is 0 Å². The number of hydrogen-bond acceptors (Lipinski definition) is 2. The number of halogens is 4. The normalized spacial score (nSPS) is 10.7. The molecule has 3 nitrogen and oxygen atoms in total. The molecule has 0 aliphatic rings. The summed E-state index contributed by atoms with van der Waals surface area (Å²) >= 11 is 5.45. The number of carboxylic acid groups (broad SMARTS) is 1. The number of carboxylic acids is 1. The van der Waals surface area contributed by atoms with E-state index in [0.717, 1.165) is 6.07 Å². The summed E-state index contributed by atoms with van der Waals surface area (Å²) in [5.74, 6) is -2.59. The van der Waals surface area contributed by atoms with Crippen LogP contribution in [0.4, 0.5) is 13.2 Å². The zero-order valence-electron chi connectivity index (χ0n) is 7.18. The molecule has 0 amide bonds. The fraction of sp³-hybridized carbons (Fsp3) is 0.250. The van der Waals surface area contributed by atoms with Crippen LogP contribution in [-0.2, 0) is 11.2 Å². The van der Waals surface area contributed by atoms with Crippen LogP contribution in [0, 0.1) is 5.95 Å². The van der Waals surface area contributed by atoms with Crippen LogP contribution in [0.5, 0.6) is 0 Å². The maximum Gasteiger partial charge on any atom is 0.308 e. The number of pyridine rings is 1. The van der Waals surface area contributed by atoms with Gasteiger partial charge in [0.15, 0.2) is 0 Å². The van der Waals surface area contributed by atoms with Gasteiger partial charge in [-0.05, 0) is 6.07 Å². The molecule has 82 valence electrons. The van der Waals surface area contributed by atoms with Crippen LogP contribution in [0.2, 0.25) is 5.02 Å². The number of alkyl halides is 2. The molecule has 0 fully saturated rings. The fourth-order valence-corrected chi connectivity index (χ4v) is 1.21. The van der Waals surface area contributed by atoms with Gasteiger partial charge in [-0.2, -0.15) is 4.39 Å². The molecule has 0 bridgehead atoms. The van der Waals surface area contributed by atoms with E-state index in [-0.39, 0.29) is 5.02 Å². The van der Waals surface area contributed by atoms with Crippen molar-refractivity contribution in [3.05, 3.63) is 28.3 Å². The van der Waals surface area contributed by atoms with Crippen molar-refractivity contribution in [3.8, 4) is 0 Å². The van der Waals surface area contributed by atoms with Gasteiger partial charge in [-0.1, -0.05) is 11.6 Å². The summed E-state index contributed by atoms with van der Waals surface area (Å²) in [6.07, 6.45) is -3.64. The number of aliphatic carboxylic acids is 1. The minimum Gasteiger partial charge on any atom is -0.481 e. The van der Waals surface area contributed by atoms with Gasteiger partial charge >= 0.3 is 5.97 Å². The first-order valence-corrected chi connectivity index (χ1v) is 4.14. The topological polar surface area (TPSA) is 50.2 Å². The Balaban J connectivity index is 3.15. The highest BCUT2D eigenvalue weighted by atomic mass is 35.5. The number of nitrogens with zero attached hydrogens (tertiary/aromatic N) is 1. The van der Waals surface area contributed by atoms with Crippen molar-refractivity contribution in [1.29, 1.82) is 0 Å². The van der Waals surface area contributed by atoms with Crippen molar-refractivity contribution in [2.75, 3.05) is 0 Å². The molecular formula is C8H5ClF3NO2. The second-order valence-electron chi connectivity index (χ2n) is 2.67. The number of rotatable bonds is 3. The third kappa shape index (κ3) is 2.82. The first-order valence-electron chi connectivity index (χ1n) is 3.76. The summed E-state index contributed by atoms with van der Waals surface area (Å²) in [6.45, 7) is 0. The smallest absolute Gasteiger partial charge is 0.308 e. The fourth-order valence-electron chi connectivity index (χ4n) is 0.949. The summed E-state index contributed by atoms with van der Waals surface area (Å²) < 4.78 is 37.3. The molecule has 0 spiro atoms. The predicted octanol–water partition coefficient (Wildman–Crippen LogP) is 2.44. The van der Waals surface area contributed by atoms with E-state index in [1.807, 2.05) is 0 Å². The van der Waals surface area contributed by atoms with Crippen molar-refractivity contribution in [1.82, 2.24) is 4.98 Å².